The summed E-state index contributed by atoms with van der Waals surface area (Å²) in [4.78, 5) is 3.66. The third-order valence-corrected chi connectivity index (χ3v) is 3.29. The first kappa shape index (κ1) is 7.77. The van der Waals surface area contributed by atoms with Crippen LogP contribution in [0.2, 0.25) is 0 Å². The van der Waals surface area contributed by atoms with Gasteiger partial charge in [-0.3, -0.25) is 4.99 Å². The predicted octanol–water partition coefficient (Wildman–Crippen LogP) is -0.109. The molecule has 0 atom stereocenters. The van der Waals surface area contributed by atoms with Crippen LogP contribution in [0.5, 0.6) is 0 Å². The van der Waals surface area contributed by atoms with Gasteiger partial charge in [-0.2, -0.15) is 0 Å². The van der Waals surface area contributed by atoms with Crippen LogP contribution in [-0.4, -0.2) is 20.4 Å². The Labute approximate surface area is 63.3 Å². The Morgan fingerprint density at radius 1 is 1.70 bits per heavy atom. The number of thioether (sulfide) groups is 1. The van der Waals surface area contributed by atoms with E-state index in [-0.39, 0.29) is 4.24 Å². The molecule has 10 heavy (non-hydrogen) atoms. The van der Waals surface area contributed by atoms with Gasteiger partial charge in [0.05, 0.1) is 6.20 Å². The first-order valence-corrected chi connectivity index (χ1v) is 5.01. The fourth-order valence-electron chi connectivity index (χ4n) is 0.469. The van der Waals surface area contributed by atoms with Crippen molar-refractivity contribution in [2.24, 2.45) is 10.1 Å². The van der Waals surface area contributed by atoms with Gasteiger partial charge in [-0.25, -0.2) is 13.6 Å². The second-order valence-corrected chi connectivity index (χ2v) is 4.49. The summed E-state index contributed by atoms with van der Waals surface area (Å²) < 4.78 is 21.3. The average Bonchev–Trinajstić information content (AvgIpc) is 1.88. The summed E-state index contributed by atoms with van der Waals surface area (Å²) in [6, 6.07) is 0. The minimum Gasteiger partial charge on any atom is -0.266 e. The van der Waals surface area contributed by atoms with Crippen LogP contribution >= 0.6 is 11.8 Å². The number of primary sulfonamides is 1. The molecular formula is C4H6N2O2S2. The highest BCUT2D eigenvalue weighted by atomic mass is 32.3. The Bertz CT molecular complexity index is 278. The molecule has 0 spiro atoms. The highest BCUT2D eigenvalue weighted by molar-refractivity contribution is 8.18. The van der Waals surface area contributed by atoms with E-state index in [2.05, 4.69) is 4.99 Å². The third-order valence-electron chi connectivity index (χ3n) is 0.866. The highest BCUT2D eigenvalue weighted by Crippen LogP contribution is 2.20. The predicted molar refractivity (Wildman–Crippen MR) is 42.1 cm³/mol. The maximum Gasteiger partial charge on any atom is 0.245 e. The van der Waals surface area contributed by atoms with Gasteiger partial charge in [0.25, 0.3) is 0 Å². The Morgan fingerprint density at radius 3 is 2.70 bits per heavy atom. The molecule has 0 aliphatic carbocycles. The SMILES string of the molecule is NS(=O)(=O)C1=CN=CCS1. The van der Waals surface area contributed by atoms with Crippen molar-refractivity contribution in [3.05, 3.63) is 10.4 Å². The lowest BCUT2D eigenvalue weighted by Crippen LogP contribution is -2.14. The summed E-state index contributed by atoms with van der Waals surface area (Å²) >= 11 is 1.17. The monoisotopic (exact) mass is 178 g/mol. The van der Waals surface area contributed by atoms with Gasteiger partial charge in [-0.05, 0) is 0 Å². The van der Waals surface area contributed by atoms with E-state index < -0.39 is 10.0 Å². The largest absolute Gasteiger partial charge is 0.266 e. The molecule has 56 valence electrons. The number of rotatable bonds is 1. The Morgan fingerprint density at radius 2 is 2.40 bits per heavy atom. The third kappa shape index (κ3) is 1.83. The first-order chi connectivity index (χ1) is 4.61. The van der Waals surface area contributed by atoms with E-state index in [4.69, 9.17) is 5.14 Å². The number of hydrogen-bond donors (Lipinski definition) is 1. The smallest absolute Gasteiger partial charge is 0.245 e. The zero-order valence-corrected chi connectivity index (χ0v) is 6.65. The van der Waals surface area contributed by atoms with Crippen LogP contribution < -0.4 is 5.14 Å². The van der Waals surface area contributed by atoms with Gasteiger partial charge in [-0.15, -0.1) is 11.8 Å². The molecule has 0 unspecified atom stereocenters. The summed E-state index contributed by atoms with van der Waals surface area (Å²) in [5, 5.41) is 4.82. The minimum atomic E-state index is -3.52. The number of aliphatic imine (C=N–C) groups is 1. The van der Waals surface area contributed by atoms with Crippen molar-refractivity contribution in [1.82, 2.24) is 0 Å². The fourth-order valence-corrected chi connectivity index (χ4v) is 2.00. The number of nitrogens with two attached hydrogens (primary N) is 1. The summed E-state index contributed by atoms with van der Waals surface area (Å²) in [5.74, 6) is 0.572. The van der Waals surface area contributed by atoms with Crippen molar-refractivity contribution in [1.29, 1.82) is 0 Å². The van der Waals surface area contributed by atoms with Crippen LogP contribution in [0.3, 0.4) is 0 Å². The van der Waals surface area contributed by atoms with Crippen molar-refractivity contribution in [3.63, 3.8) is 0 Å². The van der Waals surface area contributed by atoms with Crippen molar-refractivity contribution < 1.29 is 8.42 Å². The van der Waals surface area contributed by atoms with Gasteiger partial charge >= 0.3 is 0 Å². The maximum absolute atomic E-state index is 10.6. The molecule has 0 saturated heterocycles. The topological polar surface area (TPSA) is 72.5 Å². The molecular weight excluding hydrogens is 172 g/mol. The molecule has 0 saturated carbocycles. The van der Waals surface area contributed by atoms with Gasteiger partial charge in [0.1, 0.15) is 4.24 Å². The summed E-state index contributed by atoms with van der Waals surface area (Å²) in [7, 11) is -3.52. The molecule has 0 radical (unpaired) electrons. The molecule has 4 nitrogen and oxygen atoms in total. The van der Waals surface area contributed by atoms with Gasteiger partial charge in [0.15, 0.2) is 0 Å². The van der Waals surface area contributed by atoms with Crippen LogP contribution in [0.25, 0.3) is 0 Å². The molecule has 0 fully saturated rings. The second kappa shape index (κ2) is 2.73. The first-order valence-electron chi connectivity index (χ1n) is 2.48. The number of sulfonamides is 1. The van der Waals surface area contributed by atoms with Crippen LogP contribution in [-0.2, 0) is 10.0 Å². The van der Waals surface area contributed by atoms with E-state index in [1.165, 1.54) is 18.0 Å². The Balaban J connectivity index is 2.93. The number of hydrogen-bond acceptors (Lipinski definition) is 4. The molecule has 1 aliphatic rings. The summed E-state index contributed by atoms with van der Waals surface area (Å²) in [6.45, 7) is 0. The quantitative estimate of drug-likeness (QED) is 0.609. The van der Waals surface area contributed by atoms with Crippen LogP contribution in [0, 0.1) is 0 Å². The summed E-state index contributed by atoms with van der Waals surface area (Å²) in [5.41, 5.74) is 0. The van der Waals surface area contributed by atoms with Crippen LogP contribution in [0.1, 0.15) is 0 Å². The fraction of sp³-hybridized carbons (Fsp3) is 0.250. The molecule has 0 bridgehead atoms. The van der Waals surface area contributed by atoms with Crippen molar-refractivity contribution in [2.45, 2.75) is 0 Å². The normalized spacial score (nSPS) is 18.7. The van der Waals surface area contributed by atoms with Gasteiger partial charge in [0, 0.05) is 12.0 Å². The lowest BCUT2D eigenvalue weighted by molar-refractivity contribution is 0.605. The second-order valence-electron chi connectivity index (χ2n) is 1.64. The lowest BCUT2D eigenvalue weighted by Gasteiger charge is -2.03. The Hall–Kier alpha value is -0.330. The zero-order valence-electron chi connectivity index (χ0n) is 5.02. The molecule has 0 aromatic rings. The van der Waals surface area contributed by atoms with Gasteiger partial charge in [0.2, 0.25) is 10.0 Å². The number of nitrogens with zero attached hydrogens (tertiary/aromatic N) is 1. The Kier molecular flexibility index (Phi) is 2.12. The molecule has 1 aliphatic heterocycles. The van der Waals surface area contributed by atoms with Gasteiger partial charge in [-0.1, -0.05) is 0 Å². The lowest BCUT2D eigenvalue weighted by atomic mass is 10.8. The molecule has 1 rings (SSSR count). The van der Waals surface area contributed by atoms with E-state index in [9.17, 15) is 8.42 Å². The van der Waals surface area contributed by atoms with E-state index in [0.29, 0.717) is 5.75 Å². The molecule has 6 heteroatoms. The minimum absolute atomic E-state index is 0.134. The molecule has 0 aromatic heterocycles. The van der Waals surface area contributed by atoms with Crippen molar-refractivity contribution in [2.75, 3.05) is 5.75 Å². The van der Waals surface area contributed by atoms with Crippen molar-refractivity contribution >= 4 is 28.0 Å². The van der Waals surface area contributed by atoms with E-state index in [0.717, 1.165) is 0 Å². The zero-order chi connectivity index (χ0) is 7.61. The average molecular weight is 178 g/mol. The summed E-state index contributed by atoms with van der Waals surface area (Å²) in [6.07, 6.45) is 2.88. The maximum atomic E-state index is 10.6. The van der Waals surface area contributed by atoms with E-state index in [1.807, 2.05) is 0 Å². The van der Waals surface area contributed by atoms with Crippen LogP contribution in [0.15, 0.2) is 15.4 Å². The molecule has 1 heterocycles. The van der Waals surface area contributed by atoms with E-state index >= 15 is 0 Å². The van der Waals surface area contributed by atoms with Crippen molar-refractivity contribution in [3.8, 4) is 0 Å². The standard InChI is InChI=1S/C4H6N2O2S2/c5-10(7,8)4-3-6-1-2-9-4/h1,3H,2H2,(H2,5,7,8). The van der Waals surface area contributed by atoms with Crippen LogP contribution in [0.4, 0.5) is 0 Å². The molecule has 0 amide bonds. The molecule has 2 N–H and O–H groups in total. The highest BCUT2D eigenvalue weighted by Gasteiger charge is 2.13. The van der Waals surface area contributed by atoms with E-state index in [1.54, 1.807) is 6.21 Å². The molecule has 0 aromatic carbocycles. The van der Waals surface area contributed by atoms with Gasteiger partial charge < -0.3 is 0 Å².